The molecule has 14 heavy (non-hydrogen) atoms. The predicted octanol–water partition coefficient (Wildman–Crippen LogP) is 2.80. The third-order valence-corrected chi connectivity index (χ3v) is 1.97. The lowest BCUT2D eigenvalue weighted by molar-refractivity contribution is 0.622. The van der Waals surface area contributed by atoms with Gasteiger partial charge in [-0.1, -0.05) is 11.7 Å². The van der Waals surface area contributed by atoms with E-state index < -0.39 is 0 Å². The molecule has 0 fully saturated rings. The third kappa shape index (κ3) is 2.95. The molecule has 0 aliphatic carbocycles. The number of nitrogens with zero attached hydrogens (tertiary/aromatic N) is 5. The van der Waals surface area contributed by atoms with Crippen LogP contribution >= 0.6 is 0 Å². The Labute approximate surface area is 82.7 Å². The highest BCUT2D eigenvalue weighted by Gasteiger charge is 1.96. The number of rotatable bonds is 5. The highest BCUT2D eigenvalue weighted by Crippen LogP contribution is 2.06. The fourth-order valence-corrected chi connectivity index (χ4v) is 1.21. The van der Waals surface area contributed by atoms with Gasteiger partial charge in [0.05, 0.1) is 0 Å². The molecule has 0 aliphatic heterocycles. The van der Waals surface area contributed by atoms with Gasteiger partial charge in [-0.15, -0.1) is 0 Å². The molecule has 0 unspecified atom stereocenters. The Kier molecular flexibility index (Phi) is 3.76. The van der Waals surface area contributed by atoms with E-state index in [9.17, 15) is 0 Å². The van der Waals surface area contributed by atoms with Gasteiger partial charge in [0, 0.05) is 29.5 Å². The van der Waals surface area contributed by atoms with Crippen LogP contribution in [-0.4, -0.2) is 9.55 Å². The minimum Gasteiger partial charge on any atom is -0.335 e. The van der Waals surface area contributed by atoms with Crippen molar-refractivity contribution in [3.63, 3.8) is 0 Å². The van der Waals surface area contributed by atoms with Crippen molar-refractivity contribution in [2.45, 2.75) is 26.3 Å². The molecule has 0 saturated heterocycles. The van der Waals surface area contributed by atoms with Crippen LogP contribution in [0.1, 0.15) is 18.7 Å². The van der Waals surface area contributed by atoms with Crippen molar-refractivity contribution >= 4 is 0 Å². The molecule has 0 spiro atoms. The zero-order valence-electron chi connectivity index (χ0n) is 8.22. The molecule has 1 aromatic heterocycles. The first kappa shape index (κ1) is 10.3. The molecule has 1 aromatic rings. The number of imidazole rings is 1. The van der Waals surface area contributed by atoms with Gasteiger partial charge in [0.15, 0.2) is 0 Å². The van der Waals surface area contributed by atoms with Crippen LogP contribution in [0.3, 0.4) is 0 Å². The average molecular weight is 191 g/mol. The van der Waals surface area contributed by atoms with Crippen LogP contribution in [0, 0.1) is 6.92 Å². The van der Waals surface area contributed by atoms with Crippen LogP contribution in [0.2, 0.25) is 0 Å². The normalized spacial score (nSPS) is 9.50. The van der Waals surface area contributed by atoms with Crippen molar-refractivity contribution in [1.29, 1.82) is 0 Å². The van der Waals surface area contributed by atoms with Crippen LogP contribution in [0.15, 0.2) is 29.8 Å². The topological polar surface area (TPSA) is 66.6 Å². The van der Waals surface area contributed by atoms with Gasteiger partial charge in [0.1, 0.15) is 5.82 Å². The van der Waals surface area contributed by atoms with Crippen molar-refractivity contribution < 1.29 is 0 Å². The van der Waals surface area contributed by atoms with E-state index in [1.807, 2.05) is 13.1 Å². The Balaban J connectivity index is 2.32. The lowest BCUT2D eigenvalue weighted by Gasteiger charge is -2.03. The summed E-state index contributed by atoms with van der Waals surface area (Å²) in [5.74, 6) is 0.999. The maximum Gasteiger partial charge on any atom is 0.105 e. The van der Waals surface area contributed by atoms with E-state index in [0.29, 0.717) is 5.70 Å². The van der Waals surface area contributed by atoms with E-state index in [0.717, 1.165) is 25.2 Å². The van der Waals surface area contributed by atoms with Crippen LogP contribution in [0.5, 0.6) is 0 Å². The smallest absolute Gasteiger partial charge is 0.105 e. The largest absolute Gasteiger partial charge is 0.335 e. The number of hydrogen-bond acceptors (Lipinski definition) is 2. The van der Waals surface area contributed by atoms with Crippen molar-refractivity contribution in [3.8, 4) is 0 Å². The summed E-state index contributed by atoms with van der Waals surface area (Å²) in [4.78, 5) is 6.78. The minimum absolute atomic E-state index is 0.588. The molecule has 0 atom stereocenters. The average Bonchev–Trinajstić information content (AvgIpc) is 2.52. The van der Waals surface area contributed by atoms with Crippen molar-refractivity contribution in [2.75, 3.05) is 0 Å². The highest BCUT2D eigenvalue weighted by molar-refractivity contribution is 4.92. The molecule has 0 aromatic carbocycles. The SMILES string of the molecule is C=C(CCCn1ccnc1C)N=[N+]=[N-]. The number of aryl methyl sites for hydroxylation is 2. The van der Waals surface area contributed by atoms with E-state index in [2.05, 4.69) is 26.2 Å². The summed E-state index contributed by atoms with van der Waals surface area (Å²) >= 11 is 0. The van der Waals surface area contributed by atoms with Gasteiger partial charge >= 0.3 is 0 Å². The second-order valence-electron chi connectivity index (χ2n) is 3.03. The molecule has 5 nitrogen and oxygen atoms in total. The predicted molar refractivity (Wildman–Crippen MR) is 54.5 cm³/mol. The first-order chi connectivity index (χ1) is 6.74. The zero-order chi connectivity index (χ0) is 10.4. The molecule has 0 N–H and O–H groups in total. The standard InChI is InChI=1S/C9H13N5/c1-8(12-13-10)4-3-6-14-7-5-11-9(14)2/h5,7H,1,3-4,6H2,2H3. The number of aromatic nitrogens is 2. The second-order valence-corrected chi connectivity index (χ2v) is 3.03. The quantitative estimate of drug-likeness (QED) is 0.401. The van der Waals surface area contributed by atoms with Crippen molar-refractivity contribution in [1.82, 2.24) is 9.55 Å². The van der Waals surface area contributed by atoms with Crippen molar-refractivity contribution in [3.05, 3.63) is 40.9 Å². The van der Waals surface area contributed by atoms with Gasteiger partial charge in [-0.3, -0.25) is 0 Å². The van der Waals surface area contributed by atoms with Crippen LogP contribution < -0.4 is 0 Å². The summed E-state index contributed by atoms with van der Waals surface area (Å²) in [6.45, 7) is 6.48. The molecule has 0 saturated carbocycles. The Bertz CT molecular complexity index is 359. The summed E-state index contributed by atoms with van der Waals surface area (Å²) in [5.41, 5.74) is 8.73. The molecule has 0 radical (unpaired) electrons. The van der Waals surface area contributed by atoms with Gasteiger partial charge in [-0.05, 0) is 25.3 Å². The van der Waals surface area contributed by atoms with Crippen LogP contribution in [0.4, 0.5) is 0 Å². The summed E-state index contributed by atoms with van der Waals surface area (Å²) in [7, 11) is 0. The Morgan fingerprint density at radius 1 is 1.79 bits per heavy atom. The number of azide groups is 1. The molecular weight excluding hydrogens is 178 g/mol. The maximum absolute atomic E-state index is 8.15. The third-order valence-electron chi connectivity index (χ3n) is 1.97. The molecular formula is C9H13N5. The minimum atomic E-state index is 0.588. The first-order valence-corrected chi connectivity index (χ1v) is 4.44. The van der Waals surface area contributed by atoms with E-state index in [-0.39, 0.29) is 0 Å². The Morgan fingerprint density at radius 2 is 2.57 bits per heavy atom. The van der Waals surface area contributed by atoms with Gasteiger partial charge in [-0.2, -0.15) is 0 Å². The number of allylic oxidation sites excluding steroid dienone is 1. The highest BCUT2D eigenvalue weighted by atomic mass is 15.1. The lowest BCUT2D eigenvalue weighted by Crippen LogP contribution is -1.99. The van der Waals surface area contributed by atoms with Crippen LogP contribution in [0.25, 0.3) is 10.4 Å². The van der Waals surface area contributed by atoms with E-state index >= 15 is 0 Å². The summed E-state index contributed by atoms with van der Waals surface area (Å²) in [5, 5.41) is 3.43. The molecule has 1 heterocycles. The van der Waals surface area contributed by atoms with E-state index in [4.69, 9.17) is 5.53 Å². The first-order valence-electron chi connectivity index (χ1n) is 4.44. The van der Waals surface area contributed by atoms with E-state index in [1.165, 1.54) is 0 Å². The monoisotopic (exact) mass is 191 g/mol. The van der Waals surface area contributed by atoms with Crippen LogP contribution in [-0.2, 0) is 6.54 Å². The molecule has 0 amide bonds. The summed E-state index contributed by atoms with van der Waals surface area (Å²) in [6.07, 6.45) is 5.35. The fourth-order valence-electron chi connectivity index (χ4n) is 1.21. The fraction of sp³-hybridized carbons (Fsp3) is 0.444. The van der Waals surface area contributed by atoms with Gasteiger partial charge in [0.25, 0.3) is 0 Å². The summed E-state index contributed by atoms with van der Waals surface area (Å²) in [6, 6.07) is 0. The van der Waals surface area contributed by atoms with Gasteiger partial charge in [0.2, 0.25) is 0 Å². The number of hydrogen-bond donors (Lipinski definition) is 0. The second kappa shape index (κ2) is 5.09. The molecule has 5 heteroatoms. The van der Waals surface area contributed by atoms with E-state index in [1.54, 1.807) is 6.20 Å². The van der Waals surface area contributed by atoms with Gasteiger partial charge in [-0.25, -0.2) is 4.98 Å². The molecule has 74 valence electrons. The summed E-state index contributed by atoms with van der Waals surface area (Å²) < 4.78 is 2.06. The van der Waals surface area contributed by atoms with Gasteiger partial charge < -0.3 is 4.57 Å². The molecule has 0 aliphatic rings. The Morgan fingerprint density at radius 3 is 3.14 bits per heavy atom. The molecule has 0 bridgehead atoms. The Hall–Kier alpha value is -1.74. The lowest BCUT2D eigenvalue weighted by atomic mass is 10.2. The van der Waals surface area contributed by atoms with Crippen molar-refractivity contribution in [2.24, 2.45) is 5.11 Å². The zero-order valence-corrected chi connectivity index (χ0v) is 8.22. The maximum atomic E-state index is 8.15. The molecule has 1 rings (SSSR count).